The summed E-state index contributed by atoms with van der Waals surface area (Å²) in [4.78, 5) is 3.88. The Labute approximate surface area is 136 Å². The molecule has 0 aliphatic heterocycles. The molecular weight excluding hydrogens is 332 g/mol. The van der Waals surface area contributed by atoms with Gasteiger partial charge < -0.3 is 10.2 Å². The van der Waals surface area contributed by atoms with E-state index in [1.165, 1.54) is 29.5 Å². The van der Waals surface area contributed by atoms with Gasteiger partial charge in [-0.25, -0.2) is 0 Å². The molecule has 0 saturated carbocycles. The molecule has 1 N–H and O–H groups in total. The van der Waals surface area contributed by atoms with Gasteiger partial charge in [0.2, 0.25) is 0 Å². The Bertz CT molecular complexity index is 418. The summed E-state index contributed by atoms with van der Waals surface area (Å²) in [6.07, 6.45) is 5.09. The Morgan fingerprint density at radius 1 is 1.45 bits per heavy atom. The van der Waals surface area contributed by atoms with Gasteiger partial charge in [-0.05, 0) is 73.3 Å². The lowest BCUT2D eigenvalue weighted by atomic mass is 9.92. The van der Waals surface area contributed by atoms with Crippen LogP contribution in [0, 0.1) is 5.92 Å². The third kappa shape index (κ3) is 4.55. The van der Waals surface area contributed by atoms with Gasteiger partial charge in [-0.3, -0.25) is 0 Å². The number of hydrogen-bond donors (Lipinski definition) is 1. The first-order chi connectivity index (χ1) is 9.45. The molecule has 1 aromatic rings. The van der Waals surface area contributed by atoms with Crippen LogP contribution in [0.1, 0.15) is 49.6 Å². The van der Waals surface area contributed by atoms with Gasteiger partial charge in [0.25, 0.3) is 0 Å². The van der Waals surface area contributed by atoms with Crippen LogP contribution in [0.25, 0.3) is 0 Å². The predicted octanol–water partition coefficient (Wildman–Crippen LogP) is 4.45. The third-order valence-electron chi connectivity index (χ3n) is 3.86. The summed E-state index contributed by atoms with van der Waals surface area (Å²) in [6, 6.07) is 3.46. The predicted molar refractivity (Wildman–Crippen MR) is 92.6 cm³/mol. The molecule has 1 aromatic heterocycles. The molecule has 2 unspecified atom stereocenters. The molecule has 4 heteroatoms. The van der Waals surface area contributed by atoms with E-state index in [4.69, 9.17) is 0 Å². The molecule has 0 bridgehead atoms. The van der Waals surface area contributed by atoms with Gasteiger partial charge in [0.15, 0.2) is 0 Å². The summed E-state index contributed by atoms with van der Waals surface area (Å²) in [6.45, 7) is 5.75. The number of hydrogen-bond acceptors (Lipinski definition) is 3. The molecular formula is C16H27BrN2S. The molecule has 0 saturated heterocycles. The minimum absolute atomic E-state index is 0.546. The molecule has 1 heterocycles. The Morgan fingerprint density at radius 3 is 2.85 bits per heavy atom. The van der Waals surface area contributed by atoms with Crippen LogP contribution >= 0.6 is 27.3 Å². The van der Waals surface area contributed by atoms with Gasteiger partial charge in [-0.1, -0.05) is 13.8 Å². The maximum Gasteiger partial charge on any atom is 0.0704 e. The van der Waals surface area contributed by atoms with Crippen molar-refractivity contribution in [2.24, 2.45) is 5.92 Å². The number of nitrogens with zero attached hydrogens (tertiary/aromatic N) is 1. The van der Waals surface area contributed by atoms with E-state index >= 15 is 0 Å². The van der Waals surface area contributed by atoms with E-state index < -0.39 is 0 Å². The van der Waals surface area contributed by atoms with Gasteiger partial charge >= 0.3 is 0 Å². The lowest BCUT2D eigenvalue weighted by molar-refractivity contribution is 0.277. The lowest BCUT2D eigenvalue weighted by Gasteiger charge is -2.31. The van der Waals surface area contributed by atoms with Crippen molar-refractivity contribution < 1.29 is 0 Å². The SMILES string of the molecule is CC(C)CC(CN(C)C)NC1CCCc2sc(Br)cc21. The van der Waals surface area contributed by atoms with Gasteiger partial charge in [-0.2, -0.15) is 0 Å². The van der Waals surface area contributed by atoms with Crippen molar-refractivity contribution in [3.05, 3.63) is 20.3 Å². The van der Waals surface area contributed by atoms with Crippen molar-refractivity contribution >= 4 is 27.3 Å². The highest BCUT2D eigenvalue weighted by molar-refractivity contribution is 9.11. The monoisotopic (exact) mass is 358 g/mol. The number of fused-ring (bicyclic) bond motifs is 1. The number of aryl methyl sites for hydroxylation is 1. The standard InChI is InChI=1S/C16H27BrN2S/c1-11(2)8-12(10-19(3)4)18-14-6-5-7-15-13(14)9-16(17)20-15/h9,11-12,14,18H,5-8,10H2,1-4H3. The number of likely N-dealkylation sites (N-methyl/N-ethyl adjacent to an activating group) is 1. The average molecular weight is 359 g/mol. The number of thiophene rings is 1. The fourth-order valence-corrected chi connectivity index (χ4v) is 5.00. The van der Waals surface area contributed by atoms with Crippen LogP contribution in [-0.4, -0.2) is 31.6 Å². The highest BCUT2D eigenvalue weighted by Gasteiger charge is 2.25. The fraction of sp³-hybridized carbons (Fsp3) is 0.750. The van der Waals surface area contributed by atoms with E-state index in [1.807, 2.05) is 11.3 Å². The third-order valence-corrected chi connectivity index (χ3v) is 5.58. The van der Waals surface area contributed by atoms with Crippen molar-refractivity contribution in [1.82, 2.24) is 10.2 Å². The second-order valence-corrected chi connectivity index (χ2v) is 9.15. The number of nitrogens with one attached hydrogen (secondary N) is 1. The zero-order valence-corrected chi connectivity index (χ0v) is 15.5. The molecule has 0 spiro atoms. The average Bonchev–Trinajstić information content (AvgIpc) is 2.68. The summed E-state index contributed by atoms with van der Waals surface area (Å²) in [5.41, 5.74) is 1.54. The zero-order chi connectivity index (χ0) is 14.7. The van der Waals surface area contributed by atoms with Gasteiger partial charge in [0, 0.05) is 23.5 Å². The molecule has 0 fully saturated rings. The molecule has 1 aliphatic carbocycles. The Kier molecular flexibility index (Phi) is 6.09. The van der Waals surface area contributed by atoms with Crippen LogP contribution in [0.3, 0.4) is 0 Å². The fourth-order valence-electron chi connectivity index (χ4n) is 3.18. The van der Waals surface area contributed by atoms with Gasteiger partial charge in [0.05, 0.1) is 3.79 Å². The molecule has 20 heavy (non-hydrogen) atoms. The zero-order valence-electron chi connectivity index (χ0n) is 13.1. The Morgan fingerprint density at radius 2 is 2.20 bits per heavy atom. The first-order valence-corrected chi connectivity index (χ1v) is 9.25. The second-order valence-electron chi connectivity index (χ2n) is 6.63. The molecule has 2 rings (SSSR count). The quantitative estimate of drug-likeness (QED) is 0.807. The van der Waals surface area contributed by atoms with Crippen molar-refractivity contribution in [3.63, 3.8) is 0 Å². The number of halogens is 1. The van der Waals surface area contributed by atoms with E-state index in [-0.39, 0.29) is 0 Å². The van der Waals surface area contributed by atoms with Crippen molar-refractivity contribution in [1.29, 1.82) is 0 Å². The van der Waals surface area contributed by atoms with Crippen LogP contribution < -0.4 is 5.32 Å². The minimum atomic E-state index is 0.546. The summed E-state index contributed by atoms with van der Waals surface area (Å²) in [7, 11) is 4.34. The van der Waals surface area contributed by atoms with Crippen LogP contribution in [0.15, 0.2) is 9.85 Å². The highest BCUT2D eigenvalue weighted by atomic mass is 79.9. The molecule has 0 radical (unpaired) electrons. The Hall–Kier alpha value is 0.100. The van der Waals surface area contributed by atoms with E-state index in [1.54, 1.807) is 10.4 Å². The maximum atomic E-state index is 3.93. The minimum Gasteiger partial charge on any atom is -0.308 e. The largest absolute Gasteiger partial charge is 0.308 e. The molecule has 2 atom stereocenters. The van der Waals surface area contributed by atoms with Crippen LogP contribution in [-0.2, 0) is 6.42 Å². The first kappa shape index (κ1) is 16.5. The summed E-state index contributed by atoms with van der Waals surface area (Å²) >= 11 is 5.56. The first-order valence-electron chi connectivity index (χ1n) is 7.64. The molecule has 114 valence electrons. The van der Waals surface area contributed by atoms with Gasteiger partial charge in [0.1, 0.15) is 0 Å². The lowest BCUT2D eigenvalue weighted by Crippen LogP contribution is -2.41. The summed E-state index contributed by atoms with van der Waals surface area (Å²) in [5.74, 6) is 0.740. The van der Waals surface area contributed by atoms with Crippen molar-refractivity contribution in [2.75, 3.05) is 20.6 Å². The highest BCUT2D eigenvalue weighted by Crippen LogP contribution is 2.38. The number of rotatable bonds is 6. The smallest absolute Gasteiger partial charge is 0.0704 e. The maximum absolute atomic E-state index is 3.93. The second kappa shape index (κ2) is 7.39. The van der Waals surface area contributed by atoms with Crippen molar-refractivity contribution in [3.8, 4) is 0 Å². The Balaban J connectivity index is 2.06. The molecule has 1 aliphatic rings. The normalized spacial score (nSPS) is 20.4. The van der Waals surface area contributed by atoms with E-state index in [2.05, 4.69) is 60.2 Å². The topological polar surface area (TPSA) is 15.3 Å². The molecule has 0 aromatic carbocycles. The molecule has 2 nitrogen and oxygen atoms in total. The van der Waals surface area contributed by atoms with Crippen LogP contribution in [0.5, 0.6) is 0 Å². The van der Waals surface area contributed by atoms with E-state index in [0.717, 1.165) is 12.5 Å². The van der Waals surface area contributed by atoms with Crippen molar-refractivity contribution in [2.45, 2.75) is 51.6 Å². The summed E-state index contributed by atoms with van der Waals surface area (Å²) < 4.78 is 1.28. The van der Waals surface area contributed by atoms with E-state index in [0.29, 0.717) is 12.1 Å². The van der Waals surface area contributed by atoms with Gasteiger partial charge in [-0.15, -0.1) is 11.3 Å². The van der Waals surface area contributed by atoms with E-state index in [9.17, 15) is 0 Å². The van der Waals surface area contributed by atoms with Crippen LogP contribution in [0.4, 0.5) is 0 Å². The van der Waals surface area contributed by atoms with Crippen LogP contribution in [0.2, 0.25) is 0 Å². The molecule has 0 amide bonds. The summed E-state index contributed by atoms with van der Waals surface area (Å²) in [5, 5.41) is 3.93.